The first-order valence-electron chi connectivity index (χ1n) is 9.99. The lowest BCUT2D eigenvalue weighted by molar-refractivity contribution is 0.0913. The quantitative estimate of drug-likeness (QED) is 0.533. The molecule has 0 fully saturated rings. The van der Waals surface area contributed by atoms with Gasteiger partial charge in [0.15, 0.2) is 17.6 Å². The molecule has 4 rings (SSSR count). The minimum absolute atomic E-state index is 0.0905. The second kappa shape index (κ2) is 8.93. The summed E-state index contributed by atoms with van der Waals surface area (Å²) >= 11 is 0. The van der Waals surface area contributed by atoms with Crippen molar-refractivity contribution in [3.05, 3.63) is 95.1 Å². The number of hydrogen-bond donors (Lipinski definition) is 0. The molecule has 0 radical (unpaired) electrons. The van der Waals surface area contributed by atoms with Crippen LogP contribution in [0.4, 0.5) is 0 Å². The Balaban J connectivity index is 1.40. The van der Waals surface area contributed by atoms with E-state index < -0.39 is 0 Å². The Morgan fingerprint density at radius 1 is 0.931 bits per heavy atom. The van der Waals surface area contributed by atoms with Crippen molar-refractivity contribution in [2.45, 2.75) is 26.1 Å². The van der Waals surface area contributed by atoms with Gasteiger partial charge in [0.1, 0.15) is 12.9 Å². The molecule has 0 bridgehead atoms. The van der Waals surface area contributed by atoms with Gasteiger partial charge in [-0.3, -0.25) is 9.69 Å². The van der Waals surface area contributed by atoms with E-state index >= 15 is 0 Å². The molecule has 29 heavy (non-hydrogen) atoms. The summed E-state index contributed by atoms with van der Waals surface area (Å²) in [6.07, 6.45) is 0.806. The molecule has 0 aromatic heterocycles. The van der Waals surface area contributed by atoms with Crippen molar-refractivity contribution in [1.82, 2.24) is 4.90 Å². The van der Waals surface area contributed by atoms with Gasteiger partial charge in [-0.05, 0) is 41.4 Å². The highest BCUT2D eigenvalue weighted by Crippen LogP contribution is 2.35. The summed E-state index contributed by atoms with van der Waals surface area (Å²) in [5.41, 5.74) is 4.24. The summed E-state index contributed by atoms with van der Waals surface area (Å²) in [6, 6.07) is 24.1. The molecule has 0 unspecified atom stereocenters. The lowest BCUT2D eigenvalue weighted by Crippen LogP contribution is -2.23. The maximum atomic E-state index is 11.0. The molecular formula is C25H25NO3. The highest BCUT2D eigenvalue weighted by molar-refractivity contribution is 5.74. The number of carbonyl (C=O) groups is 1. The maximum Gasteiger partial charge on any atom is 0.162 e. The number of hydrogen-bond acceptors (Lipinski definition) is 4. The van der Waals surface area contributed by atoms with Crippen molar-refractivity contribution in [2.75, 3.05) is 13.2 Å². The van der Waals surface area contributed by atoms with Gasteiger partial charge in [0.25, 0.3) is 0 Å². The Hall–Kier alpha value is -3.11. The summed E-state index contributed by atoms with van der Waals surface area (Å²) < 4.78 is 11.9. The number of benzene rings is 3. The molecule has 0 N–H and O–H groups in total. The molecule has 1 aliphatic heterocycles. The van der Waals surface area contributed by atoms with E-state index in [2.05, 4.69) is 42.2 Å². The van der Waals surface area contributed by atoms with Crippen LogP contribution >= 0.6 is 0 Å². The predicted molar refractivity (Wildman–Crippen MR) is 113 cm³/mol. The molecule has 4 heteroatoms. The third kappa shape index (κ3) is 4.66. The van der Waals surface area contributed by atoms with Crippen LogP contribution in [0.1, 0.15) is 40.1 Å². The summed E-state index contributed by atoms with van der Waals surface area (Å²) in [5.74, 6) is 1.60. The van der Waals surface area contributed by atoms with E-state index in [1.165, 1.54) is 5.56 Å². The van der Waals surface area contributed by atoms with E-state index in [1.807, 2.05) is 42.5 Å². The van der Waals surface area contributed by atoms with Crippen LogP contribution in [0.15, 0.2) is 72.8 Å². The van der Waals surface area contributed by atoms with E-state index in [0.717, 1.165) is 54.1 Å². The van der Waals surface area contributed by atoms with Gasteiger partial charge in [-0.1, -0.05) is 61.5 Å². The zero-order chi connectivity index (χ0) is 20.1. The van der Waals surface area contributed by atoms with Crippen LogP contribution in [0.2, 0.25) is 0 Å². The van der Waals surface area contributed by atoms with Crippen LogP contribution in [0.25, 0.3) is 0 Å². The van der Waals surface area contributed by atoms with Crippen LogP contribution in [-0.4, -0.2) is 24.3 Å². The fourth-order valence-corrected chi connectivity index (χ4v) is 3.58. The Morgan fingerprint density at radius 2 is 1.69 bits per heavy atom. The fourth-order valence-electron chi connectivity index (χ4n) is 3.58. The van der Waals surface area contributed by atoms with Crippen LogP contribution in [0.3, 0.4) is 0 Å². The summed E-state index contributed by atoms with van der Waals surface area (Å²) in [4.78, 5) is 13.4. The summed E-state index contributed by atoms with van der Waals surface area (Å²) in [5, 5.41) is 0. The molecule has 0 saturated heterocycles. The molecule has 3 aromatic carbocycles. The third-order valence-corrected chi connectivity index (χ3v) is 5.21. The smallest absolute Gasteiger partial charge is 0.162 e. The average molecular weight is 387 g/mol. The van der Waals surface area contributed by atoms with E-state index in [1.54, 1.807) is 0 Å². The first-order chi connectivity index (χ1) is 14.2. The van der Waals surface area contributed by atoms with Crippen molar-refractivity contribution in [3.8, 4) is 11.5 Å². The number of fused-ring (bicyclic) bond motifs is 1. The highest BCUT2D eigenvalue weighted by atomic mass is 16.6. The van der Waals surface area contributed by atoms with Crippen LogP contribution < -0.4 is 9.47 Å². The zero-order valence-corrected chi connectivity index (χ0v) is 16.6. The fraction of sp³-hybridized carbons (Fsp3) is 0.240. The Bertz CT molecular complexity index is 968. The van der Waals surface area contributed by atoms with E-state index in [0.29, 0.717) is 6.61 Å². The van der Waals surface area contributed by atoms with E-state index in [4.69, 9.17) is 9.47 Å². The van der Waals surface area contributed by atoms with E-state index in [9.17, 15) is 4.79 Å². The lowest BCUT2D eigenvalue weighted by Gasteiger charge is -2.27. The topological polar surface area (TPSA) is 38.8 Å². The van der Waals surface area contributed by atoms with Crippen LogP contribution in [0, 0.1) is 0 Å². The number of aldehydes is 1. The SMILES string of the molecule is CCN(Cc1ccc([C@H]2COc3ccccc3O2)cc1)Cc1cccc(C=O)c1. The Kier molecular flexibility index (Phi) is 5.92. The zero-order valence-electron chi connectivity index (χ0n) is 16.6. The normalized spacial score (nSPS) is 15.3. The van der Waals surface area contributed by atoms with Gasteiger partial charge in [0, 0.05) is 18.7 Å². The van der Waals surface area contributed by atoms with E-state index in [-0.39, 0.29) is 6.10 Å². The van der Waals surface area contributed by atoms with Crippen molar-refractivity contribution in [2.24, 2.45) is 0 Å². The molecule has 0 amide bonds. The summed E-state index contributed by atoms with van der Waals surface area (Å²) in [6.45, 7) is 5.28. The van der Waals surface area contributed by atoms with Gasteiger partial charge in [-0.15, -0.1) is 0 Å². The number of carbonyl (C=O) groups excluding carboxylic acids is 1. The lowest BCUT2D eigenvalue weighted by atomic mass is 10.1. The van der Waals surface area contributed by atoms with Gasteiger partial charge < -0.3 is 9.47 Å². The van der Waals surface area contributed by atoms with Crippen molar-refractivity contribution in [1.29, 1.82) is 0 Å². The number of para-hydroxylation sites is 2. The van der Waals surface area contributed by atoms with Crippen molar-refractivity contribution < 1.29 is 14.3 Å². The molecule has 0 spiro atoms. The molecule has 4 nitrogen and oxygen atoms in total. The largest absolute Gasteiger partial charge is 0.485 e. The highest BCUT2D eigenvalue weighted by Gasteiger charge is 2.22. The third-order valence-electron chi connectivity index (χ3n) is 5.21. The van der Waals surface area contributed by atoms with Gasteiger partial charge in [-0.25, -0.2) is 0 Å². The Labute approximate surface area is 171 Å². The number of rotatable bonds is 7. The van der Waals surface area contributed by atoms with Gasteiger partial charge >= 0.3 is 0 Å². The van der Waals surface area contributed by atoms with Gasteiger partial charge in [0.2, 0.25) is 0 Å². The number of ether oxygens (including phenoxy) is 2. The van der Waals surface area contributed by atoms with Crippen LogP contribution in [0.5, 0.6) is 11.5 Å². The average Bonchev–Trinajstić information content (AvgIpc) is 2.79. The second-order valence-electron chi connectivity index (χ2n) is 7.27. The molecular weight excluding hydrogens is 362 g/mol. The Morgan fingerprint density at radius 3 is 2.45 bits per heavy atom. The number of nitrogens with zero attached hydrogens (tertiary/aromatic N) is 1. The molecule has 1 aliphatic rings. The van der Waals surface area contributed by atoms with Crippen LogP contribution in [-0.2, 0) is 13.1 Å². The predicted octanol–water partition coefficient (Wildman–Crippen LogP) is 5.03. The van der Waals surface area contributed by atoms with Gasteiger partial charge in [-0.2, -0.15) is 0 Å². The summed E-state index contributed by atoms with van der Waals surface area (Å²) in [7, 11) is 0. The minimum atomic E-state index is -0.0905. The monoisotopic (exact) mass is 387 g/mol. The van der Waals surface area contributed by atoms with Crippen molar-refractivity contribution >= 4 is 6.29 Å². The maximum absolute atomic E-state index is 11.0. The molecule has 0 aliphatic carbocycles. The second-order valence-corrected chi connectivity index (χ2v) is 7.27. The standard InChI is InChI=1S/C25H25NO3/c1-2-26(16-20-6-5-7-21(14-20)17-27)15-19-10-12-22(13-11-19)25-18-28-23-8-3-4-9-24(23)29-25/h3-14,17,25H,2,15-16,18H2,1H3/t25-/m1/s1. The molecule has 3 aromatic rings. The first kappa shape index (κ1) is 19.2. The molecule has 1 atom stereocenters. The molecule has 1 heterocycles. The minimum Gasteiger partial charge on any atom is -0.485 e. The van der Waals surface area contributed by atoms with Gasteiger partial charge in [0.05, 0.1) is 0 Å². The molecule has 0 saturated carbocycles. The first-order valence-corrected chi connectivity index (χ1v) is 9.99. The molecule has 148 valence electrons. The van der Waals surface area contributed by atoms with Crippen molar-refractivity contribution in [3.63, 3.8) is 0 Å².